The van der Waals surface area contributed by atoms with Gasteiger partial charge in [0.25, 0.3) is 0 Å². The smallest absolute Gasteiger partial charge is 0.353 e. The van der Waals surface area contributed by atoms with Crippen molar-refractivity contribution in [1.82, 2.24) is 9.97 Å². The van der Waals surface area contributed by atoms with Crippen LogP contribution in [-0.2, 0) is 0 Å². The van der Waals surface area contributed by atoms with Gasteiger partial charge in [0.05, 0.1) is 4.92 Å². The summed E-state index contributed by atoms with van der Waals surface area (Å²) in [5.41, 5.74) is 3.15. The summed E-state index contributed by atoms with van der Waals surface area (Å²) in [6.07, 6.45) is 1.28. The van der Waals surface area contributed by atoms with E-state index in [-0.39, 0.29) is 17.3 Å². The van der Waals surface area contributed by atoms with Crippen LogP contribution in [0.4, 0.5) is 28.7 Å². The Kier molecular flexibility index (Phi) is 4.86. The molecule has 1 aliphatic rings. The van der Waals surface area contributed by atoms with E-state index < -0.39 is 4.92 Å². The summed E-state index contributed by atoms with van der Waals surface area (Å²) in [5.74, 6) is 1.40. The summed E-state index contributed by atoms with van der Waals surface area (Å²) in [5, 5.41) is 17.9. The van der Waals surface area contributed by atoms with Crippen molar-refractivity contribution < 1.29 is 14.4 Å². The second-order valence-electron chi connectivity index (χ2n) is 6.53. The number of hydrogen-bond acceptors (Lipinski definition) is 8. The first kappa shape index (κ1) is 18.5. The molecule has 9 nitrogen and oxygen atoms in total. The van der Waals surface area contributed by atoms with Crippen LogP contribution in [-0.4, -0.2) is 28.1 Å². The van der Waals surface area contributed by atoms with Crippen molar-refractivity contribution in [2.24, 2.45) is 0 Å². The third-order valence-corrected chi connectivity index (χ3v) is 4.67. The average Bonchev–Trinajstić information content (AvgIpc) is 2.71. The van der Waals surface area contributed by atoms with Crippen molar-refractivity contribution in [1.29, 1.82) is 0 Å². The number of nitrogens with zero attached hydrogens (tertiary/aromatic N) is 3. The van der Waals surface area contributed by atoms with Gasteiger partial charge in [0.1, 0.15) is 19.5 Å². The zero-order valence-electron chi connectivity index (χ0n) is 15.9. The van der Waals surface area contributed by atoms with Gasteiger partial charge in [-0.1, -0.05) is 12.1 Å². The van der Waals surface area contributed by atoms with Gasteiger partial charge in [-0.2, -0.15) is 0 Å². The predicted molar refractivity (Wildman–Crippen MR) is 109 cm³/mol. The molecule has 0 unspecified atom stereocenters. The van der Waals surface area contributed by atoms with Gasteiger partial charge in [-0.05, 0) is 43.2 Å². The van der Waals surface area contributed by atoms with E-state index in [9.17, 15) is 10.1 Å². The highest BCUT2D eigenvalue weighted by atomic mass is 16.6. The number of aryl methyl sites for hydroxylation is 1. The third kappa shape index (κ3) is 3.75. The van der Waals surface area contributed by atoms with E-state index in [1.807, 2.05) is 32.0 Å². The molecule has 0 amide bonds. The minimum Gasteiger partial charge on any atom is -0.486 e. The molecule has 2 N–H and O–H groups in total. The molecule has 0 bridgehead atoms. The molecule has 0 saturated carbocycles. The Labute approximate surface area is 166 Å². The van der Waals surface area contributed by atoms with E-state index in [2.05, 4.69) is 20.6 Å². The van der Waals surface area contributed by atoms with Crippen molar-refractivity contribution >= 4 is 28.7 Å². The standard InChI is InChI=1S/C20H19N5O4/c1-12-4-3-5-15(13(12)2)24-20-18(25(26)27)19(21-11-22-20)23-14-6-7-16-17(10-14)29-9-8-28-16/h3-7,10-11H,8-9H2,1-2H3,(H2,21,22,23,24). The van der Waals surface area contributed by atoms with E-state index in [0.29, 0.717) is 30.4 Å². The fraction of sp³-hybridized carbons (Fsp3) is 0.200. The quantitative estimate of drug-likeness (QED) is 0.488. The largest absolute Gasteiger partial charge is 0.486 e. The molecule has 0 aliphatic carbocycles. The monoisotopic (exact) mass is 393 g/mol. The van der Waals surface area contributed by atoms with Crippen molar-refractivity contribution in [3.63, 3.8) is 0 Å². The number of benzene rings is 2. The van der Waals surface area contributed by atoms with Gasteiger partial charge in [0, 0.05) is 17.4 Å². The highest BCUT2D eigenvalue weighted by molar-refractivity contribution is 5.78. The molecular formula is C20H19N5O4. The molecule has 3 aromatic rings. The maximum absolute atomic E-state index is 11.8. The normalized spacial score (nSPS) is 12.3. The summed E-state index contributed by atoms with van der Waals surface area (Å²) >= 11 is 0. The van der Waals surface area contributed by atoms with Gasteiger partial charge in [0.15, 0.2) is 11.5 Å². The van der Waals surface area contributed by atoms with E-state index in [1.165, 1.54) is 6.33 Å². The number of anilines is 4. The molecule has 148 valence electrons. The summed E-state index contributed by atoms with van der Waals surface area (Å²) < 4.78 is 11.1. The van der Waals surface area contributed by atoms with Crippen LogP contribution in [0.3, 0.4) is 0 Å². The Morgan fingerprint density at radius 3 is 2.48 bits per heavy atom. The lowest BCUT2D eigenvalue weighted by atomic mass is 10.1. The minimum atomic E-state index is -0.506. The number of ether oxygens (including phenoxy) is 2. The van der Waals surface area contributed by atoms with E-state index >= 15 is 0 Å². The molecule has 2 heterocycles. The van der Waals surface area contributed by atoms with E-state index in [1.54, 1.807) is 18.2 Å². The molecule has 4 rings (SSSR count). The van der Waals surface area contributed by atoms with Gasteiger partial charge < -0.3 is 20.1 Å². The average molecular weight is 393 g/mol. The van der Waals surface area contributed by atoms with Gasteiger partial charge >= 0.3 is 5.69 Å². The van der Waals surface area contributed by atoms with Crippen molar-refractivity contribution in [3.05, 3.63) is 64.0 Å². The molecule has 0 fully saturated rings. The van der Waals surface area contributed by atoms with Crippen molar-refractivity contribution in [3.8, 4) is 11.5 Å². The van der Waals surface area contributed by atoms with Crippen LogP contribution in [0.1, 0.15) is 11.1 Å². The summed E-state index contributed by atoms with van der Waals surface area (Å²) in [6.45, 7) is 4.86. The number of fused-ring (bicyclic) bond motifs is 1. The maximum Gasteiger partial charge on any atom is 0.353 e. The molecule has 0 saturated heterocycles. The molecule has 0 radical (unpaired) electrons. The first-order valence-electron chi connectivity index (χ1n) is 9.02. The molecule has 0 atom stereocenters. The van der Waals surface area contributed by atoms with E-state index in [4.69, 9.17) is 9.47 Å². The van der Waals surface area contributed by atoms with Crippen LogP contribution in [0.15, 0.2) is 42.7 Å². The summed E-state index contributed by atoms with van der Waals surface area (Å²) in [7, 11) is 0. The van der Waals surface area contributed by atoms with Gasteiger partial charge in [0.2, 0.25) is 11.6 Å². The Morgan fingerprint density at radius 2 is 1.72 bits per heavy atom. The van der Waals surface area contributed by atoms with Gasteiger partial charge in [-0.3, -0.25) is 10.1 Å². The first-order valence-corrected chi connectivity index (χ1v) is 9.02. The summed E-state index contributed by atoms with van der Waals surface area (Å²) in [4.78, 5) is 19.5. The molecular weight excluding hydrogens is 374 g/mol. The molecule has 9 heteroatoms. The van der Waals surface area contributed by atoms with E-state index in [0.717, 1.165) is 16.8 Å². The Hall–Kier alpha value is -3.88. The molecule has 2 aromatic carbocycles. The Morgan fingerprint density at radius 1 is 1.00 bits per heavy atom. The maximum atomic E-state index is 11.8. The second kappa shape index (κ2) is 7.63. The molecule has 1 aromatic heterocycles. The lowest BCUT2D eigenvalue weighted by Gasteiger charge is -2.19. The highest BCUT2D eigenvalue weighted by Crippen LogP contribution is 2.37. The van der Waals surface area contributed by atoms with Crippen LogP contribution in [0.5, 0.6) is 11.5 Å². The number of nitrogens with one attached hydrogen (secondary N) is 2. The fourth-order valence-corrected chi connectivity index (χ4v) is 3.01. The van der Waals surface area contributed by atoms with Gasteiger partial charge in [-0.15, -0.1) is 0 Å². The number of aromatic nitrogens is 2. The molecule has 29 heavy (non-hydrogen) atoms. The third-order valence-electron chi connectivity index (χ3n) is 4.67. The zero-order chi connectivity index (χ0) is 20.4. The first-order chi connectivity index (χ1) is 14.0. The fourth-order valence-electron chi connectivity index (χ4n) is 3.01. The minimum absolute atomic E-state index is 0.0782. The topological polar surface area (TPSA) is 111 Å². The number of hydrogen-bond donors (Lipinski definition) is 2. The lowest BCUT2D eigenvalue weighted by molar-refractivity contribution is -0.383. The van der Waals surface area contributed by atoms with Crippen molar-refractivity contribution in [2.45, 2.75) is 13.8 Å². The van der Waals surface area contributed by atoms with Crippen LogP contribution in [0, 0.1) is 24.0 Å². The lowest BCUT2D eigenvalue weighted by Crippen LogP contribution is -2.15. The van der Waals surface area contributed by atoms with Crippen LogP contribution in [0.2, 0.25) is 0 Å². The number of nitro groups is 1. The van der Waals surface area contributed by atoms with Gasteiger partial charge in [-0.25, -0.2) is 9.97 Å². The van der Waals surface area contributed by atoms with Crippen LogP contribution < -0.4 is 20.1 Å². The Bertz CT molecular complexity index is 1090. The zero-order valence-corrected chi connectivity index (χ0v) is 15.9. The predicted octanol–water partition coefficient (Wildman–Crippen LogP) is 4.26. The number of rotatable bonds is 5. The van der Waals surface area contributed by atoms with Crippen molar-refractivity contribution in [2.75, 3.05) is 23.8 Å². The second-order valence-corrected chi connectivity index (χ2v) is 6.53. The summed E-state index contributed by atoms with van der Waals surface area (Å²) in [6, 6.07) is 10.9. The highest BCUT2D eigenvalue weighted by Gasteiger charge is 2.24. The molecule has 0 spiro atoms. The SMILES string of the molecule is Cc1cccc(Nc2ncnc(Nc3ccc4c(c3)OCCO4)c2[N+](=O)[O-])c1C. The molecule has 1 aliphatic heterocycles. The van der Waals surface area contributed by atoms with Crippen LogP contribution in [0.25, 0.3) is 0 Å². The Balaban J connectivity index is 1.68. The van der Waals surface area contributed by atoms with Crippen LogP contribution >= 0.6 is 0 Å².